The molecule has 0 saturated heterocycles. The summed E-state index contributed by atoms with van der Waals surface area (Å²) in [6, 6.07) is 12.8. The lowest BCUT2D eigenvalue weighted by Gasteiger charge is -2.31. The molecule has 1 heterocycles. The number of aromatic hydroxyl groups is 1. The Morgan fingerprint density at radius 2 is 1.96 bits per heavy atom. The number of aryl methyl sites for hydroxylation is 1. The number of anilines is 1. The van der Waals surface area contributed by atoms with Gasteiger partial charge in [0.15, 0.2) is 0 Å². The van der Waals surface area contributed by atoms with Crippen molar-refractivity contribution in [3.63, 3.8) is 0 Å². The molecule has 2 N–H and O–H groups in total. The third-order valence-corrected chi connectivity index (χ3v) is 5.02. The number of hydrogen-bond acceptors (Lipinski definition) is 4. The summed E-state index contributed by atoms with van der Waals surface area (Å²) < 4.78 is 5.34. The first-order valence-electron chi connectivity index (χ1n) is 9.16. The summed E-state index contributed by atoms with van der Waals surface area (Å²) in [5.41, 5.74) is 4.14. The second kappa shape index (κ2) is 8.27. The molecular formula is C22H26N2O3. The van der Waals surface area contributed by atoms with Crippen LogP contribution in [0.5, 0.6) is 11.5 Å². The van der Waals surface area contributed by atoms with E-state index < -0.39 is 0 Å². The van der Waals surface area contributed by atoms with Crippen molar-refractivity contribution in [3.05, 3.63) is 59.7 Å². The smallest absolute Gasteiger partial charge is 0.241 e. The van der Waals surface area contributed by atoms with Crippen LogP contribution in [0.1, 0.15) is 24.5 Å². The molecule has 0 aliphatic carbocycles. The number of carbonyl (C=O) groups excluding carboxylic acids is 1. The quantitative estimate of drug-likeness (QED) is 0.844. The van der Waals surface area contributed by atoms with Gasteiger partial charge in [0.1, 0.15) is 11.5 Å². The van der Waals surface area contributed by atoms with E-state index in [1.54, 1.807) is 19.2 Å². The minimum absolute atomic E-state index is 0.0413. The molecule has 0 saturated carbocycles. The zero-order valence-electron chi connectivity index (χ0n) is 16.0. The van der Waals surface area contributed by atoms with Crippen LogP contribution in [0.2, 0.25) is 0 Å². The Labute approximate surface area is 160 Å². The van der Waals surface area contributed by atoms with E-state index in [1.807, 2.05) is 44.2 Å². The van der Waals surface area contributed by atoms with Gasteiger partial charge in [-0.05, 0) is 61.2 Å². The summed E-state index contributed by atoms with van der Waals surface area (Å²) in [4.78, 5) is 14.9. The lowest BCUT2D eigenvalue weighted by atomic mass is 9.98. The van der Waals surface area contributed by atoms with Crippen LogP contribution in [0.3, 0.4) is 0 Å². The minimum Gasteiger partial charge on any atom is -0.508 e. The summed E-state index contributed by atoms with van der Waals surface area (Å²) in [5.74, 6) is 0.892. The van der Waals surface area contributed by atoms with E-state index in [9.17, 15) is 9.90 Å². The number of nitrogens with zero attached hydrogens (tertiary/aromatic N) is 1. The van der Waals surface area contributed by atoms with Gasteiger partial charge in [0.05, 0.1) is 18.8 Å². The summed E-state index contributed by atoms with van der Waals surface area (Å²) in [6.45, 7) is 5.44. The highest BCUT2D eigenvalue weighted by atomic mass is 16.5. The number of nitrogens with one attached hydrogen (secondary N) is 1. The Morgan fingerprint density at radius 1 is 1.22 bits per heavy atom. The largest absolute Gasteiger partial charge is 0.508 e. The fourth-order valence-corrected chi connectivity index (χ4v) is 3.30. The fourth-order valence-electron chi connectivity index (χ4n) is 3.30. The molecule has 2 aromatic rings. The predicted molar refractivity (Wildman–Crippen MR) is 108 cm³/mol. The van der Waals surface area contributed by atoms with Gasteiger partial charge in [-0.3, -0.25) is 9.69 Å². The zero-order valence-corrected chi connectivity index (χ0v) is 16.0. The Hall–Kier alpha value is -2.79. The van der Waals surface area contributed by atoms with E-state index >= 15 is 0 Å². The Morgan fingerprint density at radius 3 is 2.59 bits per heavy atom. The van der Waals surface area contributed by atoms with Gasteiger partial charge in [0.2, 0.25) is 5.91 Å². The highest BCUT2D eigenvalue weighted by Gasteiger charge is 2.24. The van der Waals surface area contributed by atoms with Gasteiger partial charge in [-0.15, -0.1) is 0 Å². The third kappa shape index (κ3) is 4.49. The first-order chi connectivity index (χ1) is 13.0. The van der Waals surface area contributed by atoms with Gasteiger partial charge >= 0.3 is 0 Å². The van der Waals surface area contributed by atoms with Crippen LogP contribution in [-0.2, 0) is 4.79 Å². The molecule has 0 spiro atoms. The van der Waals surface area contributed by atoms with Crippen LogP contribution < -0.4 is 10.1 Å². The van der Waals surface area contributed by atoms with E-state index in [-0.39, 0.29) is 17.7 Å². The topological polar surface area (TPSA) is 61.8 Å². The van der Waals surface area contributed by atoms with Gasteiger partial charge in [-0.2, -0.15) is 0 Å². The molecule has 142 valence electrons. The second-order valence-corrected chi connectivity index (χ2v) is 6.89. The van der Waals surface area contributed by atoms with Crippen LogP contribution in [0.25, 0.3) is 5.57 Å². The lowest BCUT2D eigenvalue weighted by Crippen LogP contribution is -2.44. The number of benzene rings is 2. The molecular weight excluding hydrogens is 340 g/mol. The van der Waals surface area contributed by atoms with Crippen LogP contribution in [0, 0.1) is 6.92 Å². The number of amides is 1. The number of ether oxygens (including phenoxy) is 1. The van der Waals surface area contributed by atoms with Gasteiger partial charge in [0, 0.05) is 13.1 Å². The van der Waals surface area contributed by atoms with Crippen molar-refractivity contribution < 1.29 is 14.6 Å². The van der Waals surface area contributed by atoms with Gasteiger partial charge in [0.25, 0.3) is 0 Å². The number of rotatable bonds is 5. The monoisotopic (exact) mass is 366 g/mol. The average Bonchev–Trinajstić information content (AvgIpc) is 2.68. The van der Waals surface area contributed by atoms with Crippen molar-refractivity contribution in [2.45, 2.75) is 26.3 Å². The van der Waals surface area contributed by atoms with Crippen molar-refractivity contribution in [3.8, 4) is 11.5 Å². The summed E-state index contributed by atoms with van der Waals surface area (Å²) in [7, 11) is 1.60. The minimum atomic E-state index is -0.243. The average molecular weight is 366 g/mol. The van der Waals surface area contributed by atoms with Crippen LogP contribution in [0.4, 0.5) is 5.69 Å². The molecule has 1 unspecified atom stereocenters. The molecule has 5 nitrogen and oxygen atoms in total. The Balaban J connectivity index is 1.65. The van der Waals surface area contributed by atoms with Gasteiger partial charge in [-0.1, -0.05) is 24.3 Å². The molecule has 1 atom stereocenters. The number of carbonyl (C=O) groups is 1. The number of hydrogen-bond donors (Lipinski definition) is 2. The molecule has 0 fully saturated rings. The van der Waals surface area contributed by atoms with Crippen molar-refractivity contribution in [1.29, 1.82) is 0 Å². The highest BCUT2D eigenvalue weighted by molar-refractivity contribution is 5.96. The molecule has 1 aliphatic heterocycles. The number of phenols is 1. The molecule has 0 bridgehead atoms. The second-order valence-electron chi connectivity index (χ2n) is 6.89. The Bertz CT molecular complexity index is 843. The Kier molecular flexibility index (Phi) is 5.81. The van der Waals surface area contributed by atoms with Crippen LogP contribution >= 0.6 is 0 Å². The molecule has 2 aromatic carbocycles. The van der Waals surface area contributed by atoms with E-state index in [2.05, 4.69) is 16.3 Å². The standard InChI is InChI=1S/C22H26N2O3/c1-15-4-9-21(27-3)20(14-15)23-22(26)16(2)24-12-10-18(11-13-24)17-5-7-19(25)8-6-17/h4-10,14,16,25H,11-13H2,1-3H3,(H,23,26). The van der Waals surface area contributed by atoms with Crippen molar-refractivity contribution >= 4 is 17.2 Å². The number of phenolic OH excluding ortho intramolecular Hbond substituents is 1. The molecule has 1 aliphatic rings. The van der Waals surface area contributed by atoms with E-state index in [0.29, 0.717) is 11.4 Å². The SMILES string of the molecule is COc1ccc(C)cc1NC(=O)C(C)N1CC=C(c2ccc(O)cc2)CC1. The summed E-state index contributed by atoms with van der Waals surface area (Å²) in [5, 5.41) is 12.4. The molecule has 3 rings (SSSR count). The molecule has 0 radical (unpaired) electrons. The molecule has 0 aromatic heterocycles. The van der Waals surface area contributed by atoms with Crippen molar-refractivity contribution in [1.82, 2.24) is 4.90 Å². The number of methoxy groups -OCH3 is 1. The van der Waals surface area contributed by atoms with Crippen molar-refractivity contribution in [2.75, 3.05) is 25.5 Å². The zero-order chi connectivity index (χ0) is 19.4. The lowest BCUT2D eigenvalue weighted by molar-refractivity contribution is -0.120. The normalized spacial score (nSPS) is 15.7. The van der Waals surface area contributed by atoms with Gasteiger partial charge in [-0.25, -0.2) is 0 Å². The third-order valence-electron chi connectivity index (χ3n) is 5.02. The molecule has 5 heteroatoms. The van der Waals surface area contributed by atoms with E-state index in [1.165, 1.54) is 5.57 Å². The first-order valence-corrected chi connectivity index (χ1v) is 9.16. The highest BCUT2D eigenvalue weighted by Crippen LogP contribution is 2.27. The maximum atomic E-state index is 12.7. The van der Waals surface area contributed by atoms with Crippen LogP contribution in [0.15, 0.2) is 48.5 Å². The van der Waals surface area contributed by atoms with E-state index in [0.717, 1.165) is 30.6 Å². The predicted octanol–water partition coefficient (Wildman–Crippen LogP) is 3.83. The molecule has 1 amide bonds. The maximum Gasteiger partial charge on any atom is 0.241 e. The molecule has 27 heavy (non-hydrogen) atoms. The fraction of sp³-hybridized carbons (Fsp3) is 0.318. The van der Waals surface area contributed by atoms with Crippen molar-refractivity contribution in [2.24, 2.45) is 0 Å². The van der Waals surface area contributed by atoms with E-state index in [4.69, 9.17) is 4.74 Å². The summed E-state index contributed by atoms with van der Waals surface area (Å²) >= 11 is 0. The van der Waals surface area contributed by atoms with Gasteiger partial charge < -0.3 is 15.2 Å². The summed E-state index contributed by atoms with van der Waals surface area (Å²) in [6.07, 6.45) is 3.03. The first kappa shape index (κ1) is 19.0. The maximum absolute atomic E-state index is 12.7. The van der Waals surface area contributed by atoms with Crippen LogP contribution in [-0.4, -0.2) is 42.2 Å².